The van der Waals surface area contributed by atoms with E-state index >= 15 is 0 Å². The van der Waals surface area contributed by atoms with Gasteiger partial charge in [0, 0.05) is 5.56 Å². The van der Waals surface area contributed by atoms with Gasteiger partial charge in [-0.25, -0.2) is 4.98 Å². The lowest BCUT2D eigenvalue weighted by Gasteiger charge is -2.05. The van der Waals surface area contributed by atoms with Crippen LogP contribution in [0.4, 0.5) is 0 Å². The molecule has 0 radical (unpaired) electrons. The summed E-state index contributed by atoms with van der Waals surface area (Å²) in [6.45, 7) is 3.91. The van der Waals surface area contributed by atoms with Crippen LogP contribution in [0.25, 0.3) is 22.2 Å². The van der Waals surface area contributed by atoms with E-state index in [9.17, 15) is 0 Å². The molecule has 0 aliphatic carbocycles. The maximum atomic E-state index is 5.79. The van der Waals surface area contributed by atoms with Crippen molar-refractivity contribution in [1.82, 2.24) is 15.1 Å². The minimum atomic E-state index is 0.503. The van der Waals surface area contributed by atoms with Crippen LogP contribution in [0.5, 0.6) is 11.5 Å². The van der Waals surface area contributed by atoms with Crippen molar-refractivity contribution in [2.45, 2.75) is 13.8 Å². The molecule has 0 amide bonds. The molecule has 25 heavy (non-hydrogen) atoms. The van der Waals surface area contributed by atoms with Gasteiger partial charge in [0.2, 0.25) is 5.82 Å². The molecule has 0 saturated carbocycles. The minimum absolute atomic E-state index is 0.503. The smallest absolute Gasteiger partial charge is 0.270 e. The summed E-state index contributed by atoms with van der Waals surface area (Å²) in [4.78, 5) is 9.80. The summed E-state index contributed by atoms with van der Waals surface area (Å²) in [5.41, 5.74) is 1.78. The number of nitrogens with zero attached hydrogens (tertiary/aromatic N) is 3. The number of para-hydroxylation sites is 1. The Morgan fingerprint density at radius 1 is 0.880 bits per heavy atom. The van der Waals surface area contributed by atoms with Crippen LogP contribution in [0, 0.1) is 13.8 Å². The summed E-state index contributed by atoms with van der Waals surface area (Å²) >= 11 is 1.55. The first kappa shape index (κ1) is 15.5. The molecule has 5 nitrogen and oxygen atoms in total. The molecule has 0 atom stereocenters. The van der Waals surface area contributed by atoms with Crippen molar-refractivity contribution in [1.29, 1.82) is 0 Å². The molecular weight excluding hydrogens is 334 g/mol. The van der Waals surface area contributed by atoms with Gasteiger partial charge in [0.15, 0.2) is 0 Å². The Bertz CT molecular complexity index is 991. The van der Waals surface area contributed by atoms with Crippen molar-refractivity contribution in [3.8, 4) is 33.7 Å². The Kier molecular flexibility index (Phi) is 4.03. The van der Waals surface area contributed by atoms with Gasteiger partial charge in [0.05, 0.1) is 10.7 Å². The fraction of sp³-hybridized carbons (Fsp3) is 0.105. The molecule has 0 aliphatic heterocycles. The van der Waals surface area contributed by atoms with E-state index < -0.39 is 0 Å². The normalized spacial score (nSPS) is 10.8. The fourth-order valence-corrected chi connectivity index (χ4v) is 3.30. The lowest BCUT2D eigenvalue weighted by Crippen LogP contribution is -1.85. The average molecular weight is 349 g/mol. The van der Waals surface area contributed by atoms with Crippen molar-refractivity contribution in [3.63, 3.8) is 0 Å². The van der Waals surface area contributed by atoms with Crippen LogP contribution in [-0.4, -0.2) is 15.1 Å². The van der Waals surface area contributed by atoms with Gasteiger partial charge in [-0.2, -0.15) is 4.98 Å². The van der Waals surface area contributed by atoms with E-state index in [4.69, 9.17) is 9.26 Å². The van der Waals surface area contributed by atoms with E-state index in [0.717, 1.165) is 32.6 Å². The first-order chi connectivity index (χ1) is 12.2. The summed E-state index contributed by atoms with van der Waals surface area (Å²) in [5.74, 6) is 2.61. The Balaban J connectivity index is 1.56. The predicted octanol–water partition coefficient (Wildman–Crippen LogP) is 5.27. The van der Waals surface area contributed by atoms with Gasteiger partial charge in [0.1, 0.15) is 16.4 Å². The molecule has 124 valence electrons. The number of aryl methyl sites for hydroxylation is 2. The number of rotatable bonds is 4. The number of hydrogen-bond acceptors (Lipinski definition) is 6. The number of aromatic nitrogens is 3. The van der Waals surface area contributed by atoms with Crippen LogP contribution >= 0.6 is 11.3 Å². The summed E-state index contributed by atoms with van der Waals surface area (Å²) in [7, 11) is 0. The van der Waals surface area contributed by atoms with Crippen LogP contribution in [0.15, 0.2) is 59.1 Å². The van der Waals surface area contributed by atoms with E-state index in [-0.39, 0.29) is 0 Å². The van der Waals surface area contributed by atoms with Gasteiger partial charge in [-0.3, -0.25) is 0 Å². The van der Waals surface area contributed by atoms with Crippen LogP contribution in [0.1, 0.15) is 10.7 Å². The van der Waals surface area contributed by atoms with Crippen LogP contribution < -0.4 is 4.74 Å². The quantitative estimate of drug-likeness (QED) is 0.502. The molecule has 2 heterocycles. The molecule has 0 bridgehead atoms. The van der Waals surface area contributed by atoms with Crippen molar-refractivity contribution in [3.05, 3.63) is 65.3 Å². The van der Waals surface area contributed by atoms with Crippen LogP contribution in [0.3, 0.4) is 0 Å². The highest BCUT2D eigenvalue weighted by Crippen LogP contribution is 2.30. The third-order valence-corrected chi connectivity index (χ3v) is 4.68. The molecule has 0 fully saturated rings. The maximum absolute atomic E-state index is 5.79. The summed E-state index contributed by atoms with van der Waals surface area (Å²) in [5, 5.41) is 5.06. The van der Waals surface area contributed by atoms with Gasteiger partial charge < -0.3 is 9.26 Å². The molecule has 2 aromatic carbocycles. The highest BCUT2D eigenvalue weighted by Gasteiger charge is 2.16. The van der Waals surface area contributed by atoms with Gasteiger partial charge in [-0.1, -0.05) is 23.4 Å². The molecular formula is C19H15N3O2S. The second kappa shape index (κ2) is 6.49. The van der Waals surface area contributed by atoms with E-state index in [1.54, 1.807) is 11.3 Å². The van der Waals surface area contributed by atoms with E-state index in [1.807, 2.05) is 68.4 Å². The Morgan fingerprint density at radius 3 is 2.28 bits per heavy atom. The van der Waals surface area contributed by atoms with Gasteiger partial charge in [-0.05, 0) is 50.2 Å². The minimum Gasteiger partial charge on any atom is -0.457 e. The van der Waals surface area contributed by atoms with E-state index in [1.165, 1.54) is 0 Å². The topological polar surface area (TPSA) is 61.0 Å². The summed E-state index contributed by atoms with van der Waals surface area (Å²) < 4.78 is 11.2. The summed E-state index contributed by atoms with van der Waals surface area (Å²) in [6.07, 6.45) is 0. The molecule has 0 aliphatic rings. The number of hydrogen-bond donors (Lipinski definition) is 0. The Morgan fingerprint density at radius 2 is 1.60 bits per heavy atom. The second-order valence-electron chi connectivity index (χ2n) is 5.51. The molecule has 0 spiro atoms. The standard InChI is InChI=1S/C19H15N3O2S/c1-12-17(25-13(2)20-12)19-21-18(22-24-19)14-8-10-16(11-9-14)23-15-6-4-3-5-7-15/h3-11H,1-2H3. The molecule has 2 aromatic heterocycles. The summed E-state index contributed by atoms with van der Waals surface area (Å²) in [6, 6.07) is 17.3. The molecule has 4 aromatic rings. The van der Waals surface area contributed by atoms with Crippen LogP contribution in [-0.2, 0) is 0 Å². The fourth-order valence-electron chi connectivity index (χ4n) is 2.46. The molecule has 6 heteroatoms. The van der Waals surface area contributed by atoms with E-state index in [0.29, 0.717) is 11.7 Å². The SMILES string of the molecule is Cc1nc(C)c(-c2nc(-c3ccc(Oc4ccccc4)cc3)no2)s1. The number of ether oxygens (including phenoxy) is 1. The van der Waals surface area contributed by atoms with Gasteiger partial charge >= 0.3 is 0 Å². The lowest BCUT2D eigenvalue weighted by molar-refractivity contribution is 0.433. The average Bonchev–Trinajstić information content (AvgIpc) is 3.23. The third kappa shape index (κ3) is 3.29. The van der Waals surface area contributed by atoms with E-state index in [2.05, 4.69) is 15.1 Å². The Hall–Kier alpha value is -2.99. The van der Waals surface area contributed by atoms with Gasteiger partial charge in [0.25, 0.3) is 5.89 Å². The van der Waals surface area contributed by atoms with Crippen molar-refractivity contribution in [2.24, 2.45) is 0 Å². The zero-order valence-corrected chi connectivity index (χ0v) is 14.6. The highest BCUT2D eigenvalue weighted by atomic mass is 32.1. The molecule has 0 unspecified atom stereocenters. The lowest BCUT2D eigenvalue weighted by atomic mass is 10.2. The van der Waals surface area contributed by atoms with Crippen molar-refractivity contribution >= 4 is 11.3 Å². The Labute approximate surface area is 148 Å². The highest BCUT2D eigenvalue weighted by molar-refractivity contribution is 7.15. The molecule has 4 rings (SSSR count). The largest absolute Gasteiger partial charge is 0.457 e. The second-order valence-corrected chi connectivity index (χ2v) is 6.71. The third-order valence-electron chi connectivity index (χ3n) is 3.62. The van der Waals surface area contributed by atoms with Gasteiger partial charge in [-0.15, -0.1) is 11.3 Å². The molecule has 0 N–H and O–H groups in total. The zero-order chi connectivity index (χ0) is 17.2. The number of thiazole rings is 1. The first-order valence-electron chi connectivity index (χ1n) is 7.80. The van der Waals surface area contributed by atoms with Crippen molar-refractivity contribution in [2.75, 3.05) is 0 Å². The number of benzene rings is 2. The van der Waals surface area contributed by atoms with Crippen molar-refractivity contribution < 1.29 is 9.26 Å². The van der Waals surface area contributed by atoms with Crippen LogP contribution in [0.2, 0.25) is 0 Å². The molecule has 0 saturated heterocycles. The maximum Gasteiger partial charge on any atom is 0.270 e. The first-order valence-corrected chi connectivity index (χ1v) is 8.62. The zero-order valence-electron chi connectivity index (χ0n) is 13.8. The monoisotopic (exact) mass is 349 g/mol. The predicted molar refractivity (Wildman–Crippen MR) is 96.8 cm³/mol.